The summed E-state index contributed by atoms with van der Waals surface area (Å²) in [6.07, 6.45) is 1.47. The number of hydrogen-bond acceptors (Lipinski definition) is 20. The molecule has 1 unspecified atom stereocenters. The number of nitrogens with two attached hydrogens (primary N) is 1. The SMILES string of the molecule is CC[C@H](C)[C@@H]([C@@H](CC(=O)N1C[C@@H](N(C)C(=O)OCc2ccc(CC(=O)[C@H](CCCCC(N)=O)NC(=O)[C@@H](CC(=O)CCCCCN3C(=O)CC(SCC4(CC(=O)ON5C(=O)CCC5=O)CC4)C3=O)C(C)C)cc2)C[C@H]1[C@H](OC)[C@@H](C)C(=O)NCCc1c(F)cccc1F)OC)N(C)C(=O)[C@@H](CC(=O)[C@H](C(C)C)N(C)C)C(C)C. The van der Waals surface area contributed by atoms with E-state index >= 15 is 4.79 Å². The monoisotopic (exact) mass is 1600 g/mol. The van der Waals surface area contributed by atoms with Crippen molar-refractivity contribution in [1.82, 2.24) is 40.2 Å². The van der Waals surface area contributed by atoms with E-state index in [-0.39, 0.29) is 174 Å². The van der Waals surface area contributed by atoms with E-state index in [0.29, 0.717) is 73.3 Å². The molecule has 113 heavy (non-hydrogen) atoms. The average molecular weight is 1610 g/mol. The van der Waals surface area contributed by atoms with Crippen molar-refractivity contribution in [3.63, 3.8) is 0 Å². The van der Waals surface area contributed by atoms with Gasteiger partial charge in [0, 0.05) is 122 Å². The summed E-state index contributed by atoms with van der Waals surface area (Å²) in [7, 11) is 9.77. The molecule has 2 aromatic rings. The van der Waals surface area contributed by atoms with Crippen LogP contribution in [0.5, 0.6) is 0 Å². The molecule has 10 amide bonds. The smallest absolute Gasteiger partial charge is 0.410 e. The molecule has 1 aliphatic carbocycles. The zero-order valence-corrected chi connectivity index (χ0v) is 69.7. The number of nitrogens with one attached hydrogen (secondary N) is 2. The van der Waals surface area contributed by atoms with Crippen molar-refractivity contribution in [2.45, 2.75) is 251 Å². The first-order chi connectivity index (χ1) is 53.4. The van der Waals surface area contributed by atoms with Gasteiger partial charge in [-0.1, -0.05) is 112 Å². The molecule has 30 heteroatoms. The fourth-order valence-electron chi connectivity index (χ4n) is 15.7. The number of unbranched alkanes of at least 4 members (excludes halogenated alkanes) is 3. The lowest BCUT2D eigenvalue weighted by molar-refractivity contribution is -0.198. The van der Waals surface area contributed by atoms with Crippen molar-refractivity contribution in [3.05, 3.63) is 70.8 Å². The van der Waals surface area contributed by atoms with Crippen LogP contribution < -0.4 is 16.4 Å². The number of rotatable bonds is 49. The van der Waals surface area contributed by atoms with E-state index in [4.69, 9.17) is 24.8 Å². The number of amides is 10. The molecule has 0 radical (unpaired) electrons. The zero-order chi connectivity index (χ0) is 83.9. The molecular weight excluding hydrogens is 1480 g/mol. The van der Waals surface area contributed by atoms with Gasteiger partial charge in [0.2, 0.25) is 41.4 Å². The summed E-state index contributed by atoms with van der Waals surface area (Å²) in [5.74, 6) is -9.39. The van der Waals surface area contributed by atoms with E-state index in [1.54, 1.807) is 48.0 Å². The van der Waals surface area contributed by atoms with Crippen molar-refractivity contribution in [2.75, 3.05) is 67.8 Å². The van der Waals surface area contributed by atoms with E-state index in [0.717, 1.165) is 12.1 Å². The quantitative estimate of drug-likeness (QED) is 0.0412. The first kappa shape index (κ1) is 93.8. The predicted molar refractivity (Wildman–Crippen MR) is 419 cm³/mol. The van der Waals surface area contributed by atoms with Crippen LogP contribution in [-0.4, -0.2) is 228 Å². The highest BCUT2D eigenvalue weighted by molar-refractivity contribution is 8.00. The molecule has 0 spiro atoms. The van der Waals surface area contributed by atoms with Crippen LogP contribution in [0.15, 0.2) is 42.5 Å². The number of methoxy groups -OCH3 is 2. The number of carbonyl (C=O) groups is 14. The summed E-state index contributed by atoms with van der Waals surface area (Å²) < 4.78 is 47.4. The summed E-state index contributed by atoms with van der Waals surface area (Å²) >= 11 is 1.31. The third-order valence-electron chi connectivity index (χ3n) is 22.9. The first-order valence-electron chi connectivity index (χ1n) is 40.0. The number of hydroxylamine groups is 2. The van der Waals surface area contributed by atoms with Gasteiger partial charge in [-0.25, -0.2) is 18.4 Å². The number of hydrogen-bond donors (Lipinski definition) is 3. The summed E-state index contributed by atoms with van der Waals surface area (Å²) in [5, 5.41) is 5.59. The molecule has 2 aromatic carbocycles. The number of benzene rings is 2. The number of likely N-dealkylation sites (N-methyl/N-ethyl adjacent to an activating group) is 3. The molecule has 0 aromatic heterocycles. The molecule has 4 N–H and O–H groups in total. The average Bonchev–Trinajstić information content (AvgIpc) is 1.72. The lowest BCUT2D eigenvalue weighted by Crippen LogP contribution is -2.54. The van der Waals surface area contributed by atoms with Crippen LogP contribution in [0.1, 0.15) is 201 Å². The molecule has 4 aliphatic rings. The summed E-state index contributed by atoms with van der Waals surface area (Å²) in [6.45, 7) is 16.8. The maximum Gasteiger partial charge on any atom is 0.410 e. The van der Waals surface area contributed by atoms with E-state index < -0.39 is 130 Å². The van der Waals surface area contributed by atoms with Gasteiger partial charge in [0.25, 0.3) is 11.8 Å². The number of ether oxygens (including phenoxy) is 3. The van der Waals surface area contributed by atoms with Crippen LogP contribution in [0, 0.1) is 58.5 Å². The molecule has 12 atom stereocenters. The zero-order valence-electron chi connectivity index (χ0n) is 68.9. The minimum Gasteiger partial charge on any atom is -0.445 e. The number of imide groups is 2. The highest BCUT2D eigenvalue weighted by atomic mass is 32.2. The lowest BCUT2D eigenvalue weighted by Gasteiger charge is -2.41. The fourth-order valence-corrected chi connectivity index (χ4v) is 17.2. The number of ketones is 3. The highest BCUT2D eigenvalue weighted by Gasteiger charge is 2.50. The molecule has 6 rings (SSSR count). The Morgan fingerprint density at radius 3 is 1.93 bits per heavy atom. The second kappa shape index (κ2) is 44.1. The Kier molecular flexibility index (Phi) is 36.6. The van der Waals surface area contributed by atoms with E-state index in [2.05, 4.69) is 10.6 Å². The molecule has 4 fully saturated rings. The topological polar surface area (TPSA) is 345 Å². The van der Waals surface area contributed by atoms with Gasteiger partial charge in [0.05, 0.1) is 66.4 Å². The predicted octanol–water partition coefficient (Wildman–Crippen LogP) is 8.68. The third kappa shape index (κ3) is 26.7. The molecule has 1 saturated carbocycles. The maximum atomic E-state index is 15.2. The molecule has 3 saturated heterocycles. The van der Waals surface area contributed by atoms with Gasteiger partial charge in [-0.15, -0.1) is 16.8 Å². The Bertz CT molecular complexity index is 3630. The van der Waals surface area contributed by atoms with Crippen molar-refractivity contribution in [2.24, 2.45) is 52.6 Å². The molecule has 27 nitrogen and oxygen atoms in total. The Hall–Kier alpha value is -8.09. The van der Waals surface area contributed by atoms with Gasteiger partial charge in [-0.05, 0) is 118 Å². The highest BCUT2D eigenvalue weighted by Crippen LogP contribution is 2.52. The van der Waals surface area contributed by atoms with Gasteiger partial charge < -0.3 is 50.1 Å². The van der Waals surface area contributed by atoms with Crippen molar-refractivity contribution in [1.29, 1.82) is 0 Å². The number of thioether (sulfide) groups is 1. The Morgan fingerprint density at radius 2 is 1.35 bits per heavy atom. The van der Waals surface area contributed by atoms with Gasteiger partial charge in [0.15, 0.2) is 11.6 Å². The van der Waals surface area contributed by atoms with Crippen LogP contribution in [0.25, 0.3) is 0 Å². The van der Waals surface area contributed by atoms with E-state index in [1.165, 1.54) is 48.9 Å². The van der Waals surface area contributed by atoms with Gasteiger partial charge in [0.1, 0.15) is 24.0 Å². The second-order valence-electron chi connectivity index (χ2n) is 32.6. The van der Waals surface area contributed by atoms with Crippen LogP contribution in [0.2, 0.25) is 0 Å². The molecule has 3 heterocycles. The standard InChI is InChI=1S/C83H123F2N9O18S/c1-16-52(8)76(91(13)80(106)60(50(4)5)42-66(97)75(51(6)7)89(10)11)67(109-14)43-72(101)93-46-56(40-64(93)77(110-15)53(9)78(104)87-37-34-58-61(84)24-22-25-62(58)85)90(12)82(108)111-47-55-30-28-54(29-31-55)39-65(96)63(26-19-20-27-69(86)98)88-79(105)59(49(2)3)41-57(95)23-18-17-21-38-92-73(102)44-68(81(92)107)113-48-83(35-36-83)45-74(103)112-94-70(99)32-33-71(94)100/h22,24-25,28-31,49-53,56,59-60,63-64,67-68,75-77H,16-21,23,26-27,32-48H2,1-15H3,(H2,86,98)(H,87,104)(H,88,105)/t52-,53+,56-,59-,60-,63-,64-,67+,68?,75-,76-,77+/m0/s1. The minimum absolute atomic E-state index is 0.00135. The number of halogens is 2. The Morgan fingerprint density at radius 1 is 0.726 bits per heavy atom. The van der Waals surface area contributed by atoms with Crippen LogP contribution in [0.3, 0.4) is 0 Å². The molecular formula is C83H123F2N9O18S. The molecule has 0 bridgehead atoms. The van der Waals surface area contributed by atoms with Gasteiger partial charge in [-0.3, -0.25) is 67.3 Å². The number of likely N-dealkylation sites (tertiary alicyclic amines) is 2. The van der Waals surface area contributed by atoms with E-state index in [9.17, 15) is 71.1 Å². The Balaban J connectivity index is 1.06. The Labute approximate surface area is 668 Å². The number of carbonyl (C=O) groups excluding carboxylic acids is 14. The van der Waals surface area contributed by atoms with Gasteiger partial charge in [-0.2, -0.15) is 0 Å². The third-order valence-corrected chi connectivity index (χ3v) is 24.5. The summed E-state index contributed by atoms with van der Waals surface area (Å²) in [4.78, 5) is 201. The van der Waals surface area contributed by atoms with Crippen molar-refractivity contribution >= 4 is 94.3 Å². The van der Waals surface area contributed by atoms with E-state index in [1.807, 2.05) is 74.4 Å². The van der Waals surface area contributed by atoms with Crippen LogP contribution >= 0.6 is 11.8 Å². The van der Waals surface area contributed by atoms with Crippen LogP contribution in [0.4, 0.5) is 13.6 Å². The number of nitrogens with zero attached hydrogens (tertiary/aromatic N) is 6. The minimum atomic E-state index is -0.986. The van der Waals surface area contributed by atoms with Crippen LogP contribution in [-0.2, 0) is 101 Å². The first-order valence-corrected chi connectivity index (χ1v) is 41.1. The maximum absolute atomic E-state index is 15.2. The van der Waals surface area contributed by atoms with Crippen molar-refractivity contribution < 1.29 is 95.0 Å². The fraction of sp³-hybridized carbons (Fsp3) is 0.687. The lowest BCUT2D eigenvalue weighted by atomic mass is 9.83. The largest absolute Gasteiger partial charge is 0.445 e. The number of Topliss-reactive ketones (excluding diaryl/α,β-unsaturated/α-hetero) is 3. The summed E-state index contributed by atoms with van der Waals surface area (Å²) in [5.41, 5.74) is 5.93. The number of primary amides is 1. The van der Waals surface area contributed by atoms with Gasteiger partial charge >= 0.3 is 12.1 Å². The molecule has 628 valence electrons. The summed E-state index contributed by atoms with van der Waals surface area (Å²) in [6, 6.07) is 6.72. The molecule has 3 aliphatic heterocycles. The van der Waals surface area contributed by atoms with Crippen molar-refractivity contribution in [3.8, 4) is 0 Å². The normalized spacial score (nSPS) is 19.2. The second-order valence-corrected chi connectivity index (χ2v) is 33.8.